The number of rotatable bonds is 8. The van der Waals surface area contributed by atoms with E-state index in [4.69, 9.17) is 5.73 Å². The monoisotopic (exact) mass is 331 g/mol. The average Bonchev–Trinajstić information content (AvgIpc) is 2.92. The van der Waals surface area contributed by atoms with E-state index in [0.717, 1.165) is 40.4 Å². The minimum atomic E-state index is 0.0691. The largest absolute Gasteiger partial charge is 0.334 e. The van der Waals surface area contributed by atoms with Crippen LogP contribution in [-0.4, -0.2) is 28.9 Å². The highest BCUT2D eigenvalue weighted by molar-refractivity contribution is 7.13. The molecule has 2 rings (SSSR count). The van der Waals surface area contributed by atoms with Gasteiger partial charge in [-0.25, -0.2) is 4.98 Å². The summed E-state index contributed by atoms with van der Waals surface area (Å²) in [7, 11) is 0. The number of amides is 1. The Hall–Kier alpha value is -1.72. The summed E-state index contributed by atoms with van der Waals surface area (Å²) >= 11 is 1.53. The minimum absolute atomic E-state index is 0.0691. The standard InChI is InChI=1S/C18H25N3OS/c1-3-8-16-20-14(2)17(23-16)18(22)21(12-7-11-19)13-15-9-5-4-6-10-15/h4-6,9-10H,3,7-8,11-13,19H2,1-2H3. The van der Waals surface area contributed by atoms with Gasteiger partial charge < -0.3 is 10.6 Å². The molecule has 0 atom stereocenters. The van der Waals surface area contributed by atoms with Crippen molar-refractivity contribution < 1.29 is 4.79 Å². The first kappa shape index (κ1) is 17.6. The van der Waals surface area contributed by atoms with Gasteiger partial charge in [0.15, 0.2) is 0 Å². The van der Waals surface area contributed by atoms with Crippen molar-refractivity contribution in [1.29, 1.82) is 0 Å². The van der Waals surface area contributed by atoms with E-state index in [9.17, 15) is 4.79 Å². The number of aromatic nitrogens is 1. The molecule has 5 heteroatoms. The molecule has 1 heterocycles. The summed E-state index contributed by atoms with van der Waals surface area (Å²) in [5.41, 5.74) is 7.61. The minimum Gasteiger partial charge on any atom is -0.334 e. The average molecular weight is 331 g/mol. The molecule has 1 amide bonds. The van der Waals surface area contributed by atoms with Crippen LogP contribution in [0.2, 0.25) is 0 Å². The van der Waals surface area contributed by atoms with E-state index in [1.807, 2.05) is 42.2 Å². The van der Waals surface area contributed by atoms with Crippen molar-refractivity contribution in [3.05, 3.63) is 51.5 Å². The quantitative estimate of drug-likeness (QED) is 0.806. The summed E-state index contributed by atoms with van der Waals surface area (Å²) in [5.74, 6) is 0.0691. The number of aryl methyl sites for hydroxylation is 2. The Kier molecular flexibility index (Phi) is 6.74. The van der Waals surface area contributed by atoms with E-state index in [-0.39, 0.29) is 5.91 Å². The van der Waals surface area contributed by atoms with E-state index < -0.39 is 0 Å². The predicted molar refractivity (Wildman–Crippen MR) is 95.7 cm³/mol. The van der Waals surface area contributed by atoms with E-state index in [1.54, 1.807) is 0 Å². The Bertz CT molecular complexity index is 624. The number of thiazole rings is 1. The molecule has 1 aromatic heterocycles. The molecular formula is C18H25N3OS. The Morgan fingerprint density at radius 2 is 2.04 bits per heavy atom. The van der Waals surface area contributed by atoms with Crippen molar-refractivity contribution in [1.82, 2.24) is 9.88 Å². The SMILES string of the molecule is CCCc1nc(C)c(C(=O)N(CCCN)Cc2ccccc2)s1. The molecule has 0 aliphatic rings. The van der Waals surface area contributed by atoms with Gasteiger partial charge in [0.25, 0.3) is 5.91 Å². The van der Waals surface area contributed by atoms with Gasteiger partial charge in [-0.3, -0.25) is 4.79 Å². The van der Waals surface area contributed by atoms with Gasteiger partial charge in [-0.15, -0.1) is 11.3 Å². The second-order valence-corrected chi connectivity index (χ2v) is 6.71. The normalized spacial score (nSPS) is 10.7. The van der Waals surface area contributed by atoms with Crippen molar-refractivity contribution in [3.8, 4) is 0 Å². The number of carbonyl (C=O) groups excluding carboxylic acids is 1. The third-order valence-corrected chi connectivity index (χ3v) is 4.84. The zero-order chi connectivity index (χ0) is 16.7. The lowest BCUT2D eigenvalue weighted by atomic mass is 10.2. The van der Waals surface area contributed by atoms with Crippen LogP contribution in [0.15, 0.2) is 30.3 Å². The fraction of sp³-hybridized carbons (Fsp3) is 0.444. The smallest absolute Gasteiger partial charge is 0.266 e. The fourth-order valence-corrected chi connectivity index (χ4v) is 3.59. The van der Waals surface area contributed by atoms with Gasteiger partial charge in [0, 0.05) is 13.1 Å². The molecule has 2 N–H and O–H groups in total. The molecule has 124 valence electrons. The maximum absolute atomic E-state index is 12.9. The van der Waals surface area contributed by atoms with Crippen molar-refractivity contribution in [3.63, 3.8) is 0 Å². The fourth-order valence-electron chi connectivity index (χ4n) is 2.45. The Labute approximate surface area is 142 Å². The molecule has 23 heavy (non-hydrogen) atoms. The van der Waals surface area contributed by atoms with Crippen LogP contribution in [0.1, 0.15) is 45.7 Å². The molecule has 4 nitrogen and oxygen atoms in total. The van der Waals surface area contributed by atoms with Crippen LogP contribution in [0.3, 0.4) is 0 Å². The van der Waals surface area contributed by atoms with Gasteiger partial charge in [-0.05, 0) is 38.3 Å². The second-order valence-electron chi connectivity index (χ2n) is 5.63. The highest BCUT2D eigenvalue weighted by Crippen LogP contribution is 2.22. The highest BCUT2D eigenvalue weighted by Gasteiger charge is 2.21. The number of nitrogens with two attached hydrogens (primary N) is 1. The number of hydrogen-bond donors (Lipinski definition) is 1. The van der Waals surface area contributed by atoms with Crippen LogP contribution in [0, 0.1) is 6.92 Å². The zero-order valence-corrected chi connectivity index (χ0v) is 14.7. The third-order valence-electron chi connectivity index (χ3n) is 3.63. The first-order chi connectivity index (χ1) is 11.2. The molecule has 1 aromatic carbocycles. The number of hydrogen-bond acceptors (Lipinski definition) is 4. The van der Waals surface area contributed by atoms with E-state index in [2.05, 4.69) is 11.9 Å². The molecule has 0 saturated carbocycles. The first-order valence-electron chi connectivity index (χ1n) is 8.15. The van der Waals surface area contributed by atoms with E-state index in [1.165, 1.54) is 11.3 Å². The molecule has 0 unspecified atom stereocenters. The van der Waals surface area contributed by atoms with Gasteiger partial charge in [0.2, 0.25) is 0 Å². The van der Waals surface area contributed by atoms with Gasteiger partial charge >= 0.3 is 0 Å². The van der Waals surface area contributed by atoms with Gasteiger partial charge in [-0.2, -0.15) is 0 Å². The maximum Gasteiger partial charge on any atom is 0.266 e. The van der Waals surface area contributed by atoms with Gasteiger partial charge in [0.05, 0.1) is 10.7 Å². The summed E-state index contributed by atoms with van der Waals surface area (Å²) in [6, 6.07) is 10.1. The number of nitrogens with zero attached hydrogens (tertiary/aromatic N) is 2. The molecule has 0 bridgehead atoms. The number of carbonyl (C=O) groups is 1. The molecule has 0 aliphatic carbocycles. The lowest BCUT2D eigenvalue weighted by molar-refractivity contribution is 0.0746. The Morgan fingerprint density at radius 1 is 1.30 bits per heavy atom. The Balaban J connectivity index is 2.18. The zero-order valence-electron chi connectivity index (χ0n) is 13.9. The summed E-state index contributed by atoms with van der Waals surface area (Å²) < 4.78 is 0. The Morgan fingerprint density at radius 3 is 2.70 bits per heavy atom. The van der Waals surface area contributed by atoms with Gasteiger partial charge in [-0.1, -0.05) is 37.3 Å². The topological polar surface area (TPSA) is 59.2 Å². The molecule has 2 aromatic rings. The maximum atomic E-state index is 12.9. The molecule has 0 aliphatic heterocycles. The third kappa shape index (κ3) is 4.88. The lowest BCUT2D eigenvalue weighted by Crippen LogP contribution is -2.32. The second kappa shape index (κ2) is 8.79. The molecule has 0 saturated heterocycles. The lowest BCUT2D eigenvalue weighted by Gasteiger charge is -2.22. The van der Waals surface area contributed by atoms with Crippen LogP contribution in [0.4, 0.5) is 0 Å². The molecule has 0 fully saturated rings. The summed E-state index contributed by atoms with van der Waals surface area (Å²) in [4.78, 5) is 20.1. The predicted octanol–water partition coefficient (Wildman–Crippen LogP) is 3.40. The summed E-state index contributed by atoms with van der Waals surface area (Å²) in [6.45, 7) is 5.92. The van der Waals surface area contributed by atoms with Gasteiger partial charge in [0.1, 0.15) is 4.88 Å². The van der Waals surface area contributed by atoms with Crippen LogP contribution >= 0.6 is 11.3 Å². The van der Waals surface area contributed by atoms with Crippen LogP contribution in [0.25, 0.3) is 0 Å². The molecule has 0 spiro atoms. The first-order valence-corrected chi connectivity index (χ1v) is 8.97. The van der Waals surface area contributed by atoms with E-state index in [0.29, 0.717) is 19.6 Å². The summed E-state index contributed by atoms with van der Waals surface area (Å²) in [5, 5.41) is 1.05. The van der Waals surface area contributed by atoms with Crippen LogP contribution in [0.5, 0.6) is 0 Å². The molecule has 0 radical (unpaired) electrons. The van der Waals surface area contributed by atoms with Crippen molar-refractivity contribution in [2.24, 2.45) is 5.73 Å². The van der Waals surface area contributed by atoms with Crippen molar-refractivity contribution in [2.45, 2.75) is 39.7 Å². The van der Waals surface area contributed by atoms with Crippen LogP contribution < -0.4 is 5.73 Å². The highest BCUT2D eigenvalue weighted by atomic mass is 32.1. The molecular weight excluding hydrogens is 306 g/mol. The number of benzene rings is 1. The van der Waals surface area contributed by atoms with E-state index >= 15 is 0 Å². The van der Waals surface area contributed by atoms with Crippen LogP contribution in [-0.2, 0) is 13.0 Å². The van der Waals surface area contributed by atoms with Crippen molar-refractivity contribution >= 4 is 17.2 Å². The summed E-state index contributed by atoms with van der Waals surface area (Å²) in [6.07, 6.45) is 2.78. The van der Waals surface area contributed by atoms with Crippen molar-refractivity contribution in [2.75, 3.05) is 13.1 Å².